The Morgan fingerprint density at radius 2 is 2.10 bits per heavy atom. The molecule has 1 aliphatic rings. The minimum absolute atomic E-state index is 0.190. The molecule has 1 aromatic carbocycles. The van der Waals surface area contributed by atoms with E-state index in [2.05, 4.69) is 62.0 Å². The summed E-state index contributed by atoms with van der Waals surface area (Å²) >= 11 is 0. The lowest BCUT2D eigenvalue weighted by molar-refractivity contribution is 0.180. The lowest BCUT2D eigenvalue weighted by atomic mass is 9.92. The van der Waals surface area contributed by atoms with Crippen LogP contribution in [0.2, 0.25) is 0 Å². The number of rotatable bonds is 6. The topological polar surface area (TPSA) is 32.5 Å². The van der Waals surface area contributed by atoms with Crippen molar-refractivity contribution < 1.29 is 0 Å². The van der Waals surface area contributed by atoms with Crippen molar-refractivity contribution in [3.8, 4) is 0 Å². The zero-order valence-electron chi connectivity index (χ0n) is 14.0. The van der Waals surface area contributed by atoms with Gasteiger partial charge in [0.05, 0.1) is 0 Å². The van der Waals surface area contributed by atoms with Crippen molar-refractivity contribution >= 4 is 0 Å². The second-order valence-corrected chi connectivity index (χ2v) is 6.73. The second-order valence-electron chi connectivity index (χ2n) is 6.73. The van der Waals surface area contributed by atoms with Crippen LogP contribution in [0.4, 0.5) is 0 Å². The molecule has 0 amide bonds. The van der Waals surface area contributed by atoms with E-state index < -0.39 is 0 Å². The maximum Gasteiger partial charge on any atom is 0.0498 e. The molecule has 1 heterocycles. The Morgan fingerprint density at radius 3 is 2.67 bits per heavy atom. The molecule has 0 saturated carbocycles. The molecule has 3 unspecified atom stereocenters. The summed E-state index contributed by atoms with van der Waals surface area (Å²) in [4.78, 5) is 4.92. The second kappa shape index (κ2) is 7.39. The largest absolute Gasteiger partial charge is 0.326 e. The van der Waals surface area contributed by atoms with Crippen LogP contribution in [0.5, 0.6) is 0 Å². The number of aryl methyl sites for hydroxylation is 1. The van der Waals surface area contributed by atoms with Crippen LogP contribution in [0.15, 0.2) is 24.3 Å². The molecule has 2 rings (SSSR count). The highest BCUT2D eigenvalue weighted by Gasteiger charge is 2.28. The molecule has 3 atom stereocenters. The summed E-state index contributed by atoms with van der Waals surface area (Å²) in [6.07, 6.45) is 2.32. The van der Waals surface area contributed by atoms with E-state index in [4.69, 9.17) is 5.73 Å². The zero-order chi connectivity index (χ0) is 15.4. The van der Waals surface area contributed by atoms with E-state index >= 15 is 0 Å². The van der Waals surface area contributed by atoms with Crippen LogP contribution in [-0.4, -0.2) is 49.6 Å². The van der Waals surface area contributed by atoms with Gasteiger partial charge in [0.1, 0.15) is 0 Å². The summed E-state index contributed by atoms with van der Waals surface area (Å²) in [6.45, 7) is 7.96. The predicted molar refractivity (Wildman–Crippen MR) is 90.4 cm³/mol. The molecule has 3 nitrogen and oxygen atoms in total. The molecular formula is C18H31N3. The van der Waals surface area contributed by atoms with Gasteiger partial charge in [-0.05, 0) is 57.5 Å². The van der Waals surface area contributed by atoms with Crippen LogP contribution in [0.1, 0.15) is 36.9 Å². The van der Waals surface area contributed by atoms with Crippen LogP contribution in [-0.2, 0) is 0 Å². The van der Waals surface area contributed by atoms with Crippen molar-refractivity contribution in [1.82, 2.24) is 9.80 Å². The molecule has 1 aromatic rings. The summed E-state index contributed by atoms with van der Waals surface area (Å²) in [6, 6.07) is 9.19. The fraction of sp³-hybridized carbons (Fsp3) is 0.667. The maximum atomic E-state index is 6.47. The van der Waals surface area contributed by atoms with Gasteiger partial charge >= 0.3 is 0 Å². The maximum absolute atomic E-state index is 6.47. The van der Waals surface area contributed by atoms with Gasteiger partial charge in [-0.25, -0.2) is 0 Å². The van der Waals surface area contributed by atoms with E-state index in [1.54, 1.807) is 0 Å². The average Bonchev–Trinajstić information content (AvgIpc) is 2.86. The van der Waals surface area contributed by atoms with E-state index in [0.29, 0.717) is 6.04 Å². The van der Waals surface area contributed by atoms with Gasteiger partial charge in [-0.3, -0.25) is 4.90 Å². The van der Waals surface area contributed by atoms with Crippen LogP contribution in [0.25, 0.3) is 0 Å². The van der Waals surface area contributed by atoms with Gasteiger partial charge < -0.3 is 10.6 Å². The first-order valence-electron chi connectivity index (χ1n) is 8.22. The normalized spacial score (nSPS) is 22.7. The Hall–Kier alpha value is -0.900. The van der Waals surface area contributed by atoms with Gasteiger partial charge in [-0.2, -0.15) is 0 Å². The molecular weight excluding hydrogens is 258 g/mol. The van der Waals surface area contributed by atoms with E-state index in [0.717, 1.165) is 18.9 Å². The highest BCUT2D eigenvalue weighted by Crippen LogP contribution is 2.28. The summed E-state index contributed by atoms with van der Waals surface area (Å²) in [5, 5.41) is 0. The van der Waals surface area contributed by atoms with E-state index in [1.165, 1.54) is 30.6 Å². The van der Waals surface area contributed by atoms with Crippen molar-refractivity contribution in [3.63, 3.8) is 0 Å². The quantitative estimate of drug-likeness (QED) is 0.874. The fourth-order valence-electron chi connectivity index (χ4n) is 3.63. The van der Waals surface area contributed by atoms with E-state index in [9.17, 15) is 0 Å². The standard InChI is InChI=1S/C18H31N3/c1-5-17(19)18(16-9-7-6-8-14(16)2)21(4)13-15-10-11-20(3)12-15/h6-9,15,17-18H,5,10-13,19H2,1-4H3. The third-order valence-corrected chi connectivity index (χ3v) is 4.89. The van der Waals surface area contributed by atoms with Gasteiger partial charge in [0.25, 0.3) is 0 Å². The van der Waals surface area contributed by atoms with E-state index in [-0.39, 0.29) is 6.04 Å². The van der Waals surface area contributed by atoms with Crippen LogP contribution >= 0.6 is 0 Å². The van der Waals surface area contributed by atoms with Crippen LogP contribution in [0, 0.1) is 12.8 Å². The molecule has 0 aromatic heterocycles. The molecule has 0 aliphatic carbocycles. The Labute approximate surface area is 130 Å². The molecule has 1 aliphatic heterocycles. The fourth-order valence-corrected chi connectivity index (χ4v) is 3.63. The highest BCUT2D eigenvalue weighted by atomic mass is 15.2. The third kappa shape index (κ3) is 4.06. The third-order valence-electron chi connectivity index (χ3n) is 4.89. The summed E-state index contributed by atoms with van der Waals surface area (Å²) < 4.78 is 0. The monoisotopic (exact) mass is 289 g/mol. The molecule has 1 saturated heterocycles. The number of likely N-dealkylation sites (N-methyl/N-ethyl adjacent to an activating group) is 1. The van der Waals surface area contributed by atoms with Gasteiger partial charge in [0.2, 0.25) is 0 Å². The molecule has 3 heteroatoms. The van der Waals surface area contributed by atoms with Crippen molar-refractivity contribution in [2.45, 2.75) is 38.8 Å². The summed E-state index contributed by atoms with van der Waals surface area (Å²) in [7, 11) is 4.46. The van der Waals surface area contributed by atoms with Crippen molar-refractivity contribution in [2.24, 2.45) is 11.7 Å². The molecule has 2 N–H and O–H groups in total. The Balaban J connectivity index is 2.14. The van der Waals surface area contributed by atoms with Gasteiger partial charge in [-0.15, -0.1) is 0 Å². The Morgan fingerprint density at radius 1 is 1.38 bits per heavy atom. The van der Waals surface area contributed by atoms with Gasteiger partial charge in [-0.1, -0.05) is 31.2 Å². The SMILES string of the molecule is CCC(N)C(c1ccccc1C)N(C)CC1CCN(C)C1. The van der Waals surface area contributed by atoms with Crippen molar-refractivity contribution in [2.75, 3.05) is 33.7 Å². The van der Waals surface area contributed by atoms with Crippen LogP contribution < -0.4 is 5.73 Å². The Bertz CT molecular complexity index is 446. The minimum Gasteiger partial charge on any atom is -0.326 e. The first kappa shape index (κ1) is 16.5. The molecule has 118 valence electrons. The minimum atomic E-state index is 0.190. The molecule has 0 bridgehead atoms. The summed E-state index contributed by atoms with van der Waals surface area (Å²) in [5.74, 6) is 0.774. The lowest BCUT2D eigenvalue weighted by Gasteiger charge is -2.35. The first-order valence-corrected chi connectivity index (χ1v) is 8.22. The van der Waals surface area contributed by atoms with E-state index in [1.807, 2.05) is 0 Å². The van der Waals surface area contributed by atoms with Crippen LogP contribution in [0.3, 0.4) is 0 Å². The molecule has 0 spiro atoms. The number of hydrogen-bond donors (Lipinski definition) is 1. The van der Waals surface area contributed by atoms with Crippen molar-refractivity contribution in [1.29, 1.82) is 0 Å². The predicted octanol–water partition coefficient (Wildman–Crippen LogP) is 2.66. The van der Waals surface area contributed by atoms with Gasteiger partial charge in [0.15, 0.2) is 0 Å². The highest BCUT2D eigenvalue weighted by molar-refractivity contribution is 5.30. The first-order chi connectivity index (χ1) is 10.0. The summed E-state index contributed by atoms with van der Waals surface area (Å²) in [5.41, 5.74) is 9.21. The zero-order valence-corrected chi connectivity index (χ0v) is 14.0. The lowest BCUT2D eigenvalue weighted by Crippen LogP contribution is -2.41. The average molecular weight is 289 g/mol. The number of likely N-dealkylation sites (tertiary alicyclic amines) is 1. The molecule has 1 fully saturated rings. The molecule has 21 heavy (non-hydrogen) atoms. The number of nitrogens with two attached hydrogens (primary N) is 1. The Kier molecular flexibility index (Phi) is 5.80. The number of benzene rings is 1. The van der Waals surface area contributed by atoms with Gasteiger partial charge in [0, 0.05) is 25.2 Å². The number of hydrogen-bond acceptors (Lipinski definition) is 3. The number of nitrogens with zero attached hydrogens (tertiary/aromatic N) is 2. The van der Waals surface area contributed by atoms with Crippen molar-refractivity contribution in [3.05, 3.63) is 35.4 Å². The smallest absolute Gasteiger partial charge is 0.0498 e. The molecule has 0 radical (unpaired) electrons.